The molecule has 0 saturated carbocycles. The summed E-state index contributed by atoms with van der Waals surface area (Å²) in [5.74, 6) is -2.23. The molecule has 6 N–H and O–H groups in total. The van der Waals surface area contributed by atoms with E-state index in [4.69, 9.17) is 11.1 Å². The zero-order valence-electron chi connectivity index (χ0n) is 19.1. The number of phenolic OH excluding ortho intramolecular Hbond substituents is 1. The number of nitrogens with two attached hydrogens (primary N) is 1. The highest BCUT2D eigenvalue weighted by Gasteiger charge is 2.36. The maximum Gasteiger partial charge on any atom is 0.435 e. The monoisotopic (exact) mass is 516 g/mol. The molecule has 10 nitrogen and oxygen atoms in total. The number of hydrogen-bond acceptors (Lipinski definition) is 6. The van der Waals surface area contributed by atoms with Gasteiger partial charge in [0.2, 0.25) is 0 Å². The van der Waals surface area contributed by atoms with Crippen LogP contribution in [-0.2, 0) is 12.7 Å². The highest BCUT2D eigenvalue weighted by molar-refractivity contribution is 6.04. The molecule has 0 saturated heterocycles. The summed E-state index contributed by atoms with van der Waals surface area (Å²) < 4.78 is 57.5. The predicted molar refractivity (Wildman–Crippen MR) is 125 cm³/mol. The molecule has 0 fully saturated rings. The first-order chi connectivity index (χ1) is 17.5. The van der Waals surface area contributed by atoms with Crippen molar-refractivity contribution in [2.45, 2.75) is 12.7 Å². The Balaban J connectivity index is 1.70. The first-order valence-corrected chi connectivity index (χ1v) is 10.6. The quantitative estimate of drug-likeness (QED) is 0.145. The Bertz CT molecular complexity index is 1490. The van der Waals surface area contributed by atoms with Gasteiger partial charge in [-0.3, -0.25) is 10.2 Å². The van der Waals surface area contributed by atoms with Crippen molar-refractivity contribution >= 4 is 17.4 Å². The number of imidazole rings is 1. The number of rotatable bonds is 7. The van der Waals surface area contributed by atoms with Gasteiger partial charge in [-0.25, -0.2) is 14.1 Å². The Kier molecular flexibility index (Phi) is 6.68. The third kappa shape index (κ3) is 5.13. The molecule has 4 rings (SSSR count). The zero-order valence-corrected chi connectivity index (χ0v) is 19.1. The van der Waals surface area contributed by atoms with E-state index in [9.17, 15) is 27.5 Å². The molecule has 37 heavy (non-hydrogen) atoms. The summed E-state index contributed by atoms with van der Waals surface area (Å²) in [6, 6.07) is 7.83. The number of amidine groups is 1. The van der Waals surface area contributed by atoms with E-state index in [1.165, 1.54) is 18.2 Å². The van der Waals surface area contributed by atoms with Gasteiger partial charge >= 0.3 is 6.18 Å². The Morgan fingerprint density at radius 1 is 1.16 bits per heavy atom. The first kappa shape index (κ1) is 25.4. The van der Waals surface area contributed by atoms with Crippen molar-refractivity contribution in [2.24, 2.45) is 5.73 Å². The number of alkyl halides is 3. The van der Waals surface area contributed by atoms with Crippen LogP contribution in [0.3, 0.4) is 0 Å². The van der Waals surface area contributed by atoms with Gasteiger partial charge in [0.25, 0.3) is 5.91 Å². The molecule has 0 radical (unpaired) electrons. The fourth-order valence-corrected chi connectivity index (χ4v) is 3.55. The van der Waals surface area contributed by atoms with E-state index in [1.54, 1.807) is 24.0 Å². The minimum absolute atomic E-state index is 0.0864. The van der Waals surface area contributed by atoms with Crippen LogP contribution in [0.2, 0.25) is 0 Å². The van der Waals surface area contributed by atoms with Crippen LogP contribution < -0.4 is 16.4 Å². The molecule has 4 aromatic rings. The molecule has 0 atom stereocenters. The number of phenols is 1. The zero-order chi connectivity index (χ0) is 26.9. The van der Waals surface area contributed by atoms with Gasteiger partial charge in [0.05, 0.1) is 23.5 Å². The van der Waals surface area contributed by atoms with Crippen LogP contribution in [0.4, 0.5) is 23.2 Å². The molecule has 0 aliphatic carbocycles. The lowest BCUT2D eigenvalue weighted by molar-refractivity contribution is -0.141. The minimum Gasteiger partial charge on any atom is -0.507 e. The Labute approximate surface area is 206 Å². The molecule has 0 aliphatic rings. The number of aromatic nitrogens is 4. The number of aromatic hydroxyl groups is 1. The number of hydrogen-bond donors (Lipinski definition) is 5. The molecule has 1 amide bonds. The molecule has 0 aliphatic heterocycles. The van der Waals surface area contributed by atoms with Crippen molar-refractivity contribution in [1.82, 2.24) is 24.6 Å². The maximum atomic E-state index is 14.9. The number of carbonyl (C=O) groups excluding carboxylic acids is 1. The number of nitrogen functional groups attached to an aromatic ring is 1. The smallest absolute Gasteiger partial charge is 0.435 e. The number of nitrogens with zero attached hydrogens (tertiary/aromatic N) is 4. The molecule has 2 heterocycles. The normalized spacial score (nSPS) is 11.5. The van der Waals surface area contributed by atoms with Gasteiger partial charge in [0, 0.05) is 30.2 Å². The predicted octanol–water partition coefficient (Wildman–Crippen LogP) is 3.18. The topological polar surface area (TPSA) is 147 Å². The summed E-state index contributed by atoms with van der Waals surface area (Å²) in [5.41, 5.74) is 3.35. The van der Waals surface area contributed by atoms with Gasteiger partial charge in [-0.2, -0.15) is 18.3 Å². The van der Waals surface area contributed by atoms with Gasteiger partial charge in [-0.05, 0) is 37.4 Å². The lowest BCUT2D eigenvalue weighted by Crippen LogP contribution is -2.18. The van der Waals surface area contributed by atoms with E-state index in [2.05, 4.69) is 20.7 Å². The van der Waals surface area contributed by atoms with Crippen LogP contribution in [0.25, 0.3) is 11.4 Å². The van der Waals surface area contributed by atoms with Crippen LogP contribution >= 0.6 is 0 Å². The molecule has 2 aromatic heterocycles. The Morgan fingerprint density at radius 3 is 2.54 bits per heavy atom. The number of halogens is 4. The third-order valence-corrected chi connectivity index (χ3v) is 5.28. The van der Waals surface area contributed by atoms with Crippen molar-refractivity contribution in [1.29, 1.82) is 5.41 Å². The van der Waals surface area contributed by atoms with E-state index in [-0.39, 0.29) is 22.7 Å². The molecule has 0 bridgehead atoms. The van der Waals surface area contributed by atoms with Crippen LogP contribution in [-0.4, -0.2) is 43.2 Å². The van der Waals surface area contributed by atoms with Gasteiger partial charge in [0.1, 0.15) is 28.9 Å². The molecule has 2 aromatic carbocycles. The lowest BCUT2D eigenvalue weighted by atomic mass is 10.1. The molecule has 0 spiro atoms. The van der Waals surface area contributed by atoms with Gasteiger partial charge < -0.3 is 26.0 Å². The lowest BCUT2D eigenvalue weighted by Gasteiger charge is -2.12. The van der Waals surface area contributed by atoms with Crippen LogP contribution in [0.1, 0.15) is 27.6 Å². The van der Waals surface area contributed by atoms with Crippen molar-refractivity contribution in [2.75, 3.05) is 12.4 Å². The van der Waals surface area contributed by atoms with Crippen LogP contribution in [0, 0.1) is 11.2 Å². The number of benzene rings is 2. The highest BCUT2D eigenvalue weighted by atomic mass is 19.4. The Hall–Kier alpha value is -4.72. The summed E-state index contributed by atoms with van der Waals surface area (Å²) in [7, 11) is 1.73. The standard InChI is InChI=1S/C23H20F4N8O2/c1-30-11-20-31-6-7-34(20)12-2-4-16(15(24)9-12)32-22(37)17-10-19(23(25,26)27)33-35(17)13-3-5-18(36)14(8-13)21(28)29/h2-10,30,36H,11H2,1H3,(H3,28,29)(H,32,37). The second-order valence-corrected chi connectivity index (χ2v) is 7.80. The molecule has 0 unspecified atom stereocenters. The summed E-state index contributed by atoms with van der Waals surface area (Å²) >= 11 is 0. The van der Waals surface area contributed by atoms with E-state index >= 15 is 0 Å². The number of nitrogens with one attached hydrogen (secondary N) is 3. The van der Waals surface area contributed by atoms with E-state index in [0.717, 1.165) is 18.2 Å². The Morgan fingerprint density at radius 2 is 1.89 bits per heavy atom. The van der Waals surface area contributed by atoms with Crippen molar-refractivity contribution in [3.63, 3.8) is 0 Å². The summed E-state index contributed by atoms with van der Waals surface area (Å²) in [5, 5.41) is 26.1. The minimum atomic E-state index is -4.89. The van der Waals surface area contributed by atoms with E-state index < -0.39 is 35.1 Å². The molecule has 192 valence electrons. The van der Waals surface area contributed by atoms with Gasteiger partial charge in [0.15, 0.2) is 5.69 Å². The van der Waals surface area contributed by atoms with E-state index in [0.29, 0.717) is 28.8 Å². The van der Waals surface area contributed by atoms with Crippen molar-refractivity contribution < 1.29 is 27.5 Å². The average molecular weight is 516 g/mol. The number of amides is 1. The first-order valence-electron chi connectivity index (χ1n) is 10.6. The summed E-state index contributed by atoms with van der Waals surface area (Å²) in [6.07, 6.45) is -1.71. The van der Waals surface area contributed by atoms with Gasteiger partial charge in [-0.15, -0.1) is 0 Å². The van der Waals surface area contributed by atoms with Crippen molar-refractivity contribution in [3.8, 4) is 17.1 Å². The summed E-state index contributed by atoms with van der Waals surface area (Å²) in [4.78, 5) is 17.2. The fourth-order valence-electron chi connectivity index (χ4n) is 3.55. The van der Waals surface area contributed by atoms with Crippen molar-refractivity contribution in [3.05, 3.63) is 83.5 Å². The number of anilines is 1. The molecule has 14 heteroatoms. The van der Waals surface area contributed by atoms with Crippen LogP contribution in [0.15, 0.2) is 54.9 Å². The SMILES string of the molecule is CNCc1nccn1-c1ccc(NC(=O)c2cc(C(F)(F)F)nn2-c2ccc(O)c(C(=N)N)c2)c(F)c1. The summed E-state index contributed by atoms with van der Waals surface area (Å²) in [6.45, 7) is 0.418. The number of carbonyl (C=O) groups is 1. The molecular weight excluding hydrogens is 496 g/mol. The maximum absolute atomic E-state index is 14.9. The highest BCUT2D eigenvalue weighted by Crippen LogP contribution is 2.31. The second-order valence-electron chi connectivity index (χ2n) is 7.80. The fraction of sp³-hybridized carbons (Fsp3) is 0.130. The average Bonchev–Trinajstić information content (AvgIpc) is 3.48. The second kappa shape index (κ2) is 9.73. The molecular formula is C23H20F4N8O2. The third-order valence-electron chi connectivity index (χ3n) is 5.28. The van der Waals surface area contributed by atoms with Gasteiger partial charge in [-0.1, -0.05) is 0 Å². The largest absolute Gasteiger partial charge is 0.507 e. The van der Waals surface area contributed by atoms with Crippen LogP contribution in [0.5, 0.6) is 5.75 Å². The van der Waals surface area contributed by atoms with E-state index in [1.807, 2.05) is 0 Å².